The van der Waals surface area contributed by atoms with Crippen molar-refractivity contribution in [3.05, 3.63) is 95.6 Å². The van der Waals surface area contributed by atoms with Crippen LogP contribution in [0.2, 0.25) is 0 Å². The van der Waals surface area contributed by atoms with Crippen LogP contribution < -0.4 is 9.64 Å². The van der Waals surface area contributed by atoms with E-state index in [1.165, 1.54) is 4.90 Å². The largest absolute Gasteiger partial charge is 0.490 e. The number of aryl methyl sites for hydroxylation is 1. The average Bonchev–Trinajstić information content (AvgIpc) is 3.59. The average molecular weight is 387 g/mol. The molecule has 5 heteroatoms. The Balaban J connectivity index is 1.74. The first-order valence-electron chi connectivity index (χ1n) is 9.48. The number of carbonyl (C=O) groups is 2. The van der Waals surface area contributed by atoms with E-state index < -0.39 is 5.91 Å². The van der Waals surface area contributed by atoms with Gasteiger partial charge in [-0.3, -0.25) is 9.59 Å². The van der Waals surface area contributed by atoms with E-state index in [1.54, 1.807) is 54.6 Å². The van der Waals surface area contributed by atoms with E-state index >= 15 is 0 Å². The molecule has 0 saturated carbocycles. The number of anilines is 1. The van der Waals surface area contributed by atoms with Gasteiger partial charge in [-0.2, -0.15) is 0 Å². The molecule has 0 N–H and O–H groups in total. The zero-order valence-corrected chi connectivity index (χ0v) is 16.1. The first kappa shape index (κ1) is 18.9. The number of amides is 2. The monoisotopic (exact) mass is 387 g/mol. The van der Waals surface area contributed by atoms with Gasteiger partial charge in [-0.05, 0) is 42.8 Å². The summed E-state index contributed by atoms with van der Waals surface area (Å²) < 4.78 is 11.0. The molecule has 3 aromatic rings. The van der Waals surface area contributed by atoms with Crippen molar-refractivity contribution in [2.45, 2.75) is 13.0 Å². The Morgan fingerprint density at radius 1 is 0.931 bits per heavy atom. The molecule has 0 radical (unpaired) electrons. The van der Waals surface area contributed by atoms with Gasteiger partial charge in [0.15, 0.2) is 0 Å². The fraction of sp³-hybridized carbons (Fsp3) is 0.167. The van der Waals surface area contributed by atoms with Crippen molar-refractivity contribution in [2.75, 3.05) is 18.1 Å². The van der Waals surface area contributed by atoms with Crippen molar-refractivity contribution < 1.29 is 19.1 Å². The highest BCUT2D eigenvalue weighted by Crippen LogP contribution is 2.28. The molecule has 3 aromatic carbocycles. The Morgan fingerprint density at radius 2 is 1.59 bits per heavy atom. The van der Waals surface area contributed by atoms with Crippen LogP contribution in [0.1, 0.15) is 26.3 Å². The maximum atomic E-state index is 13.6. The minimum absolute atomic E-state index is 0.0663. The molecule has 1 fully saturated rings. The Hall–Kier alpha value is -3.44. The van der Waals surface area contributed by atoms with Gasteiger partial charge in [-0.1, -0.05) is 48.5 Å². The first-order valence-corrected chi connectivity index (χ1v) is 9.48. The van der Waals surface area contributed by atoms with Gasteiger partial charge >= 0.3 is 0 Å². The summed E-state index contributed by atoms with van der Waals surface area (Å²) in [7, 11) is 0. The lowest BCUT2D eigenvalue weighted by Gasteiger charge is -2.24. The second-order valence-corrected chi connectivity index (χ2v) is 6.86. The Bertz CT molecular complexity index is 1030. The van der Waals surface area contributed by atoms with Crippen LogP contribution in [0, 0.1) is 6.92 Å². The fourth-order valence-electron chi connectivity index (χ4n) is 3.07. The van der Waals surface area contributed by atoms with E-state index in [-0.39, 0.29) is 12.0 Å². The first-order chi connectivity index (χ1) is 14.1. The number of carbonyl (C=O) groups excluding carboxylic acids is 2. The minimum Gasteiger partial charge on any atom is -0.490 e. The third-order valence-electron chi connectivity index (χ3n) is 4.73. The summed E-state index contributed by atoms with van der Waals surface area (Å²) in [6.45, 7) is 2.92. The number of imide groups is 1. The topological polar surface area (TPSA) is 59.1 Å². The summed E-state index contributed by atoms with van der Waals surface area (Å²) in [5, 5.41) is 0. The number of ether oxygens (including phenoxy) is 2. The van der Waals surface area contributed by atoms with Gasteiger partial charge in [0.25, 0.3) is 11.8 Å². The zero-order valence-electron chi connectivity index (χ0n) is 16.1. The normalized spacial score (nSPS) is 14.9. The number of para-hydroxylation sites is 2. The number of epoxide rings is 1. The molecule has 5 nitrogen and oxygen atoms in total. The summed E-state index contributed by atoms with van der Waals surface area (Å²) in [5.41, 5.74) is 2.15. The minimum atomic E-state index is -0.430. The predicted molar refractivity (Wildman–Crippen MR) is 110 cm³/mol. The molecule has 0 bridgehead atoms. The zero-order chi connectivity index (χ0) is 20.2. The maximum Gasteiger partial charge on any atom is 0.269 e. The van der Waals surface area contributed by atoms with Gasteiger partial charge in [-0.25, -0.2) is 4.90 Å². The van der Waals surface area contributed by atoms with Gasteiger partial charge in [0.1, 0.15) is 18.5 Å². The van der Waals surface area contributed by atoms with Crippen molar-refractivity contribution in [1.82, 2.24) is 0 Å². The van der Waals surface area contributed by atoms with E-state index in [2.05, 4.69) is 0 Å². The molecule has 146 valence electrons. The van der Waals surface area contributed by atoms with Crippen LogP contribution in [-0.4, -0.2) is 31.1 Å². The molecular formula is C24H21NO4. The quantitative estimate of drug-likeness (QED) is 0.468. The van der Waals surface area contributed by atoms with Crippen LogP contribution in [0.15, 0.2) is 78.9 Å². The molecule has 0 spiro atoms. The van der Waals surface area contributed by atoms with Crippen LogP contribution in [0.4, 0.5) is 5.69 Å². The molecule has 1 atom stereocenters. The summed E-state index contributed by atoms with van der Waals surface area (Å²) in [4.78, 5) is 28.2. The summed E-state index contributed by atoms with van der Waals surface area (Å²) >= 11 is 0. The summed E-state index contributed by atoms with van der Waals surface area (Å²) in [5.74, 6) is -0.377. The molecule has 0 aliphatic carbocycles. The summed E-state index contributed by atoms with van der Waals surface area (Å²) in [6, 6.07) is 23.1. The van der Waals surface area contributed by atoms with Crippen molar-refractivity contribution in [3.63, 3.8) is 0 Å². The van der Waals surface area contributed by atoms with Crippen LogP contribution in [0.5, 0.6) is 5.75 Å². The van der Waals surface area contributed by atoms with E-state index in [4.69, 9.17) is 9.47 Å². The highest BCUT2D eigenvalue weighted by Gasteiger charge is 2.30. The molecule has 1 aliphatic rings. The molecular weight excluding hydrogens is 366 g/mol. The van der Waals surface area contributed by atoms with Crippen LogP contribution in [0.3, 0.4) is 0 Å². The Labute approximate surface area is 169 Å². The lowest BCUT2D eigenvalue weighted by atomic mass is 10.1. The van der Waals surface area contributed by atoms with Crippen LogP contribution in [0.25, 0.3) is 0 Å². The molecule has 1 saturated heterocycles. The van der Waals surface area contributed by atoms with Crippen molar-refractivity contribution in [3.8, 4) is 5.75 Å². The van der Waals surface area contributed by atoms with E-state index in [9.17, 15) is 9.59 Å². The van der Waals surface area contributed by atoms with Gasteiger partial charge in [0, 0.05) is 5.56 Å². The highest BCUT2D eigenvalue weighted by molar-refractivity contribution is 6.26. The summed E-state index contributed by atoms with van der Waals surface area (Å²) in [6.07, 6.45) is 0.0663. The van der Waals surface area contributed by atoms with Crippen molar-refractivity contribution in [1.29, 1.82) is 0 Å². The standard InChI is InChI=1S/C24H21NO4/c1-17-9-5-7-13-21(17)25(23(26)18-10-3-2-4-11-18)24(27)20-12-6-8-14-22(20)29-16-19-15-28-19/h2-14,19H,15-16H2,1H3. The molecule has 1 unspecified atom stereocenters. The fourth-order valence-corrected chi connectivity index (χ4v) is 3.07. The van der Waals surface area contributed by atoms with Crippen molar-refractivity contribution >= 4 is 17.5 Å². The van der Waals surface area contributed by atoms with Gasteiger partial charge in [0.05, 0.1) is 17.9 Å². The molecule has 2 amide bonds. The third kappa shape index (κ3) is 4.20. The lowest BCUT2D eigenvalue weighted by molar-refractivity contribution is 0.0895. The van der Waals surface area contributed by atoms with E-state index in [1.807, 2.05) is 31.2 Å². The highest BCUT2D eigenvalue weighted by atomic mass is 16.6. The second kappa shape index (κ2) is 8.29. The molecule has 4 rings (SSSR count). The van der Waals surface area contributed by atoms with E-state index in [0.717, 1.165) is 5.56 Å². The van der Waals surface area contributed by atoms with Gasteiger partial charge in [0.2, 0.25) is 0 Å². The third-order valence-corrected chi connectivity index (χ3v) is 4.73. The molecule has 1 aliphatic heterocycles. The molecule has 29 heavy (non-hydrogen) atoms. The number of hydrogen-bond donors (Lipinski definition) is 0. The number of nitrogens with zero attached hydrogens (tertiary/aromatic N) is 1. The maximum absolute atomic E-state index is 13.6. The van der Waals surface area contributed by atoms with Crippen molar-refractivity contribution in [2.24, 2.45) is 0 Å². The second-order valence-electron chi connectivity index (χ2n) is 6.86. The van der Waals surface area contributed by atoms with E-state index in [0.29, 0.717) is 35.8 Å². The SMILES string of the molecule is Cc1ccccc1N(C(=O)c1ccccc1)C(=O)c1ccccc1OCC1CO1. The van der Waals surface area contributed by atoms with Crippen LogP contribution in [-0.2, 0) is 4.74 Å². The number of hydrogen-bond acceptors (Lipinski definition) is 4. The van der Waals surface area contributed by atoms with Gasteiger partial charge < -0.3 is 9.47 Å². The molecule has 1 heterocycles. The Morgan fingerprint density at radius 3 is 2.31 bits per heavy atom. The van der Waals surface area contributed by atoms with Gasteiger partial charge in [-0.15, -0.1) is 0 Å². The number of rotatable bonds is 6. The number of benzene rings is 3. The smallest absolute Gasteiger partial charge is 0.269 e. The lowest BCUT2D eigenvalue weighted by Crippen LogP contribution is -2.37. The predicted octanol–water partition coefficient (Wildman–Crippen LogP) is 4.26. The molecule has 0 aromatic heterocycles. The Kier molecular flexibility index (Phi) is 5.40. The van der Waals surface area contributed by atoms with Crippen LogP contribution >= 0.6 is 0 Å².